The molecule has 0 heterocycles. The third-order valence-corrected chi connectivity index (χ3v) is 7.28. The molecule has 0 saturated heterocycles. The van der Waals surface area contributed by atoms with E-state index in [4.69, 9.17) is 10.2 Å². The fraction of sp³-hybridized carbons (Fsp3) is 0. The number of nitrogens with zero attached hydrogens (tertiary/aromatic N) is 4. The maximum absolute atomic E-state index is 5.37. The van der Waals surface area contributed by atoms with Crippen LogP contribution < -0.4 is 10.0 Å². The van der Waals surface area contributed by atoms with E-state index in [0.29, 0.717) is 0 Å². The van der Waals surface area contributed by atoms with E-state index >= 15 is 0 Å². The zero-order chi connectivity index (χ0) is 28.1. The first-order valence-electron chi connectivity index (χ1n) is 14.0. The first-order valence-corrected chi connectivity index (χ1v) is 14.0. The SMILES string of the molecule is c1ccc(N(N=C2c3ccccc3C(=NN(c3ccccc3)c3ccccc3)c3ccccc32)c2ccccc2)cc1. The summed E-state index contributed by atoms with van der Waals surface area (Å²) >= 11 is 0. The molecular weight excluding hydrogens is 512 g/mol. The lowest BCUT2D eigenvalue weighted by molar-refractivity contribution is 1.07. The Hall–Kier alpha value is -5.74. The minimum absolute atomic E-state index is 0.902. The predicted octanol–water partition coefficient (Wildman–Crippen LogP) is 9.18. The van der Waals surface area contributed by atoms with E-state index in [9.17, 15) is 0 Å². The molecule has 0 spiro atoms. The van der Waals surface area contributed by atoms with E-state index in [1.165, 1.54) is 0 Å². The molecule has 6 aromatic rings. The minimum Gasteiger partial charge on any atom is -0.233 e. The Labute approximate surface area is 246 Å². The second-order valence-corrected chi connectivity index (χ2v) is 9.95. The van der Waals surface area contributed by atoms with Gasteiger partial charge in [0.05, 0.1) is 34.2 Å². The number of para-hydroxylation sites is 4. The van der Waals surface area contributed by atoms with Gasteiger partial charge in [0, 0.05) is 22.3 Å². The monoisotopic (exact) mass is 540 g/mol. The molecule has 0 aromatic heterocycles. The fourth-order valence-corrected chi connectivity index (χ4v) is 5.30. The van der Waals surface area contributed by atoms with Crippen LogP contribution in [0.1, 0.15) is 22.3 Å². The number of hydrogen-bond acceptors (Lipinski definition) is 4. The van der Waals surface area contributed by atoms with Crippen molar-refractivity contribution in [2.45, 2.75) is 0 Å². The van der Waals surface area contributed by atoms with E-state index < -0.39 is 0 Å². The van der Waals surface area contributed by atoms with Gasteiger partial charge in [-0.15, -0.1) is 0 Å². The number of rotatable bonds is 6. The van der Waals surface area contributed by atoms with Crippen LogP contribution in [0.15, 0.2) is 180 Å². The Balaban J connectivity index is 1.45. The molecule has 0 atom stereocenters. The summed E-state index contributed by atoms with van der Waals surface area (Å²) in [5, 5.41) is 14.8. The summed E-state index contributed by atoms with van der Waals surface area (Å²) in [5.74, 6) is 0. The van der Waals surface area contributed by atoms with E-state index in [2.05, 4.69) is 97.1 Å². The summed E-state index contributed by atoms with van der Waals surface area (Å²) in [6.45, 7) is 0. The molecular formula is C38H28N4. The smallest absolute Gasteiger partial charge is 0.0998 e. The van der Waals surface area contributed by atoms with Gasteiger partial charge in [0.2, 0.25) is 0 Å². The van der Waals surface area contributed by atoms with Crippen molar-refractivity contribution in [3.8, 4) is 0 Å². The van der Waals surface area contributed by atoms with Gasteiger partial charge in [0.1, 0.15) is 0 Å². The van der Waals surface area contributed by atoms with Crippen molar-refractivity contribution >= 4 is 34.2 Å². The molecule has 42 heavy (non-hydrogen) atoms. The molecule has 0 radical (unpaired) electrons. The van der Waals surface area contributed by atoms with E-state index in [-0.39, 0.29) is 0 Å². The zero-order valence-electron chi connectivity index (χ0n) is 23.0. The average Bonchev–Trinajstić information content (AvgIpc) is 3.08. The summed E-state index contributed by atoms with van der Waals surface area (Å²) in [6, 6.07) is 58.0. The van der Waals surface area contributed by atoms with Gasteiger partial charge < -0.3 is 0 Å². The van der Waals surface area contributed by atoms with Crippen LogP contribution in [0, 0.1) is 0 Å². The number of fused-ring (bicyclic) bond motifs is 2. The molecule has 7 rings (SSSR count). The molecule has 0 saturated carbocycles. The number of hydrogen-bond donors (Lipinski definition) is 0. The van der Waals surface area contributed by atoms with Crippen molar-refractivity contribution in [3.63, 3.8) is 0 Å². The highest BCUT2D eigenvalue weighted by atomic mass is 15.5. The average molecular weight is 541 g/mol. The fourth-order valence-electron chi connectivity index (χ4n) is 5.30. The molecule has 0 N–H and O–H groups in total. The highest BCUT2D eigenvalue weighted by Gasteiger charge is 2.28. The second-order valence-electron chi connectivity index (χ2n) is 9.95. The lowest BCUT2D eigenvalue weighted by Crippen LogP contribution is -2.26. The topological polar surface area (TPSA) is 31.2 Å². The van der Waals surface area contributed by atoms with Crippen molar-refractivity contribution in [1.82, 2.24) is 0 Å². The van der Waals surface area contributed by atoms with Crippen molar-refractivity contribution in [3.05, 3.63) is 192 Å². The third kappa shape index (κ3) is 4.87. The van der Waals surface area contributed by atoms with Gasteiger partial charge in [-0.3, -0.25) is 0 Å². The third-order valence-electron chi connectivity index (χ3n) is 7.28. The van der Waals surface area contributed by atoms with E-state index in [1.807, 2.05) is 82.8 Å². The Kier molecular flexibility index (Phi) is 6.85. The second kappa shape index (κ2) is 11.4. The highest BCUT2D eigenvalue weighted by molar-refractivity contribution is 6.32. The van der Waals surface area contributed by atoms with Crippen LogP contribution in [-0.2, 0) is 0 Å². The van der Waals surface area contributed by atoms with Crippen LogP contribution in [0.3, 0.4) is 0 Å². The normalized spacial score (nSPS) is 11.7. The molecule has 0 unspecified atom stereocenters. The standard InChI is InChI=1S/C38H28N4/c1-5-17-29(18-6-1)41(30-19-7-2-8-20-30)39-37-33-25-13-15-27-35(33)38(36-28-16-14-26-34(36)37)40-42(31-21-9-3-10-22-31)32-23-11-4-12-24-32/h1-28H. The number of hydrazone groups is 2. The molecule has 4 heteroatoms. The largest absolute Gasteiger partial charge is 0.233 e. The Bertz CT molecular complexity index is 1600. The molecule has 0 bridgehead atoms. The van der Waals surface area contributed by atoms with Crippen LogP contribution in [0.4, 0.5) is 22.7 Å². The Morgan fingerprint density at radius 2 is 0.476 bits per heavy atom. The molecule has 1 aliphatic carbocycles. The lowest BCUT2D eigenvalue weighted by atomic mass is 9.83. The molecule has 0 amide bonds. The lowest BCUT2D eigenvalue weighted by Gasteiger charge is -2.28. The Morgan fingerprint density at radius 1 is 0.262 bits per heavy atom. The predicted molar refractivity (Wildman–Crippen MR) is 174 cm³/mol. The summed E-state index contributed by atoms with van der Waals surface area (Å²) < 4.78 is 0. The molecule has 1 aliphatic rings. The van der Waals surface area contributed by atoms with Gasteiger partial charge >= 0.3 is 0 Å². The van der Waals surface area contributed by atoms with Crippen molar-refractivity contribution in [1.29, 1.82) is 0 Å². The quantitative estimate of drug-likeness (QED) is 0.197. The van der Waals surface area contributed by atoms with Crippen LogP contribution in [0.25, 0.3) is 0 Å². The van der Waals surface area contributed by atoms with Gasteiger partial charge in [-0.1, -0.05) is 121 Å². The summed E-state index contributed by atoms with van der Waals surface area (Å²) in [6.07, 6.45) is 0. The molecule has 0 aliphatic heterocycles. The molecule has 6 aromatic carbocycles. The molecule has 0 fully saturated rings. The van der Waals surface area contributed by atoms with E-state index in [0.717, 1.165) is 56.4 Å². The van der Waals surface area contributed by atoms with Gasteiger partial charge in [-0.25, -0.2) is 10.0 Å². The van der Waals surface area contributed by atoms with Gasteiger partial charge in [0.15, 0.2) is 0 Å². The molecule has 200 valence electrons. The van der Waals surface area contributed by atoms with E-state index in [1.54, 1.807) is 0 Å². The van der Waals surface area contributed by atoms with Gasteiger partial charge in [-0.2, -0.15) is 10.2 Å². The van der Waals surface area contributed by atoms with Crippen molar-refractivity contribution in [2.75, 3.05) is 10.0 Å². The summed E-state index contributed by atoms with van der Waals surface area (Å²) in [7, 11) is 0. The van der Waals surface area contributed by atoms with Crippen LogP contribution in [-0.4, -0.2) is 11.4 Å². The van der Waals surface area contributed by atoms with Gasteiger partial charge in [0.25, 0.3) is 0 Å². The summed E-state index contributed by atoms with van der Waals surface area (Å²) in [5.41, 5.74) is 9.91. The first kappa shape index (κ1) is 25.2. The van der Waals surface area contributed by atoms with Crippen molar-refractivity contribution < 1.29 is 0 Å². The maximum Gasteiger partial charge on any atom is 0.0998 e. The van der Waals surface area contributed by atoms with Crippen LogP contribution in [0.2, 0.25) is 0 Å². The Morgan fingerprint density at radius 3 is 0.714 bits per heavy atom. The zero-order valence-corrected chi connectivity index (χ0v) is 23.0. The molecule has 4 nitrogen and oxygen atoms in total. The van der Waals surface area contributed by atoms with Crippen molar-refractivity contribution in [2.24, 2.45) is 10.2 Å². The maximum atomic E-state index is 5.37. The minimum atomic E-state index is 0.902. The number of benzene rings is 6. The van der Waals surface area contributed by atoms with Crippen LogP contribution >= 0.6 is 0 Å². The first-order chi connectivity index (χ1) is 20.9. The summed E-state index contributed by atoms with van der Waals surface area (Å²) in [4.78, 5) is 0. The van der Waals surface area contributed by atoms with Gasteiger partial charge in [-0.05, 0) is 48.5 Å². The highest BCUT2D eigenvalue weighted by Crippen LogP contribution is 2.34. The van der Waals surface area contributed by atoms with Crippen LogP contribution in [0.5, 0.6) is 0 Å². The number of anilines is 4.